The number of aryl methyl sites for hydroxylation is 1. The van der Waals surface area contributed by atoms with Gasteiger partial charge in [-0.05, 0) is 25.6 Å². The van der Waals surface area contributed by atoms with Crippen LogP contribution in [0.3, 0.4) is 0 Å². The highest BCUT2D eigenvalue weighted by molar-refractivity contribution is 5.96. The van der Waals surface area contributed by atoms with Crippen molar-refractivity contribution in [2.75, 3.05) is 26.7 Å². The summed E-state index contributed by atoms with van der Waals surface area (Å²) >= 11 is 0. The van der Waals surface area contributed by atoms with Crippen molar-refractivity contribution < 1.29 is 0 Å². The average Bonchev–Trinajstić information content (AvgIpc) is 2.81. The maximum absolute atomic E-state index is 4.71. The minimum atomic E-state index is 0.857. The molecule has 2 heterocycles. The fourth-order valence-corrected chi connectivity index (χ4v) is 2.20. The number of aromatic amines is 1. The molecule has 5 nitrogen and oxygen atoms in total. The van der Waals surface area contributed by atoms with Crippen molar-refractivity contribution in [2.45, 2.75) is 13.8 Å². The van der Waals surface area contributed by atoms with E-state index in [1.807, 2.05) is 19.3 Å². The topological polar surface area (TPSA) is 56.3 Å². The Bertz CT molecular complexity index is 641. The third-order valence-electron chi connectivity index (χ3n) is 3.51. The summed E-state index contributed by atoms with van der Waals surface area (Å²) < 4.78 is 0. The predicted octanol–water partition coefficient (Wildman–Crippen LogP) is 2.63. The Morgan fingerprint density at radius 3 is 3.05 bits per heavy atom. The van der Waals surface area contributed by atoms with E-state index in [1.165, 1.54) is 0 Å². The molecule has 112 valence electrons. The molecule has 0 aliphatic carbocycles. The second-order valence-corrected chi connectivity index (χ2v) is 4.97. The summed E-state index contributed by atoms with van der Waals surface area (Å²) in [4.78, 5) is 14.3. The zero-order chi connectivity index (χ0) is 15.2. The lowest BCUT2D eigenvalue weighted by Crippen LogP contribution is -2.32. The quantitative estimate of drug-likeness (QED) is 0.487. The van der Waals surface area contributed by atoms with Crippen molar-refractivity contribution in [1.29, 1.82) is 0 Å². The normalized spacial score (nSPS) is 11.9. The average molecular weight is 285 g/mol. The highest BCUT2D eigenvalue weighted by atomic mass is 15.2. The molecule has 0 aromatic carbocycles. The van der Waals surface area contributed by atoms with E-state index < -0.39 is 0 Å². The molecule has 2 N–H and O–H groups in total. The van der Waals surface area contributed by atoms with Crippen molar-refractivity contribution in [3.63, 3.8) is 0 Å². The number of pyridine rings is 1. The van der Waals surface area contributed by atoms with Gasteiger partial charge >= 0.3 is 0 Å². The number of likely N-dealkylation sites (N-methyl/N-ethyl adjacent to an activating group) is 2. The molecule has 2 aromatic heterocycles. The Labute approximate surface area is 125 Å². The van der Waals surface area contributed by atoms with Gasteiger partial charge in [-0.1, -0.05) is 13.5 Å². The van der Waals surface area contributed by atoms with E-state index in [-0.39, 0.29) is 0 Å². The van der Waals surface area contributed by atoms with Gasteiger partial charge in [0.15, 0.2) is 0 Å². The Hall–Kier alpha value is -2.14. The number of rotatable bonds is 6. The Morgan fingerprint density at radius 2 is 2.38 bits per heavy atom. The third-order valence-corrected chi connectivity index (χ3v) is 3.51. The molecular weight excluding hydrogens is 262 g/mol. The van der Waals surface area contributed by atoms with Crippen LogP contribution in [0.1, 0.15) is 12.5 Å². The van der Waals surface area contributed by atoms with Crippen molar-refractivity contribution in [1.82, 2.24) is 20.2 Å². The van der Waals surface area contributed by atoms with E-state index in [1.54, 1.807) is 12.3 Å². The molecule has 0 unspecified atom stereocenters. The summed E-state index contributed by atoms with van der Waals surface area (Å²) in [6, 6.07) is 1.96. The predicted molar refractivity (Wildman–Crippen MR) is 89.3 cm³/mol. The van der Waals surface area contributed by atoms with Gasteiger partial charge in [0, 0.05) is 43.5 Å². The number of H-pyrrole nitrogens is 1. The van der Waals surface area contributed by atoms with E-state index in [0.717, 1.165) is 47.8 Å². The molecule has 0 saturated heterocycles. The minimum absolute atomic E-state index is 0.857. The van der Waals surface area contributed by atoms with Crippen LogP contribution in [0.25, 0.3) is 10.9 Å². The highest BCUT2D eigenvalue weighted by Crippen LogP contribution is 2.26. The molecule has 0 fully saturated rings. The Balaban J connectivity index is 2.25. The SMILES string of the molecule is C=C/C(=N\c1[nH]c2ccncc2c1C)N(C)CCNCC. The first-order chi connectivity index (χ1) is 10.2. The van der Waals surface area contributed by atoms with Crippen LogP contribution in [-0.2, 0) is 0 Å². The molecule has 0 radical (unpaired) electrons. The van der Waals surface area contributed by atoms with Crippen LogP contribution >= 0.6 is 0 Å². The fraction of sp³-hybridized carbons (Fsp3) is 0.375. The van der Waals surface area contributed by atoms with Gasteiger partial charge in [-0.15, -0.1) is 0 Å². The lowest BCUT2D eigenvalue weighted by atomic mass is 10.2. The molecule has 0 aliphatic heterocycles. The number of hydrogen-bond donors (Lipinski definition) is 2. The van der Waals surface area contributed by atoms with Crippen molar-refractivity contribution in [3.8, 4) is 0 Å². The standard InChI is InChI=1S/C16H23N5/c1-5-15(21(4)10-9-17-6-2)20-16-12(3)13-11-18-8-7-14(13)19-16/h5,7-8,11,17,19H,1,6,9-10H2,2-4H3/b20-15+. The molecule has 0 saturated carbocycles. The minimum Gasteiger partial charge on any atom is -0.358 e. The molecule has 5 heteroatoms. The van der Waals surface area contributed by atoms with Crippen molar-refractivity contribution >= 4 is 22.6 Å². The fourth-order valence-electron chi connectivity index (χ4n) is 2.20. The van der Waals surface area contributed by atoms with Crippen LogP contribution in [0.5, 0.6) is 0 Å². The number of nitrogens with one attached hydrogen (secondary N) is 2. The van der Waals surface area contributed by atoms with Gasteiger partial charge < -0.3 is 15.2 Å². The summed E-state index contributed by atoms with van der Waals surface area (Å²) in [7, 11) is 2.03. The number of aromatic nitrogens is 2. The number of hydrogen-bond acceptors (Lipinski definition) is 3. The number of aliphatic imine (C=N–C) groups is 1. The first-order valence-electron chi connectivity index (χ1n) is 7.22. The molecule has 0 atom stereocenters. The zero-order valence-electron chi connectivity index (χ0n) is 13.0. The molecule has 2 aromatic rings. The maximum atomic E-state index is 4.71. The number of fused-ring (bicyclic) bond motifs is 1. The highest BCUT2D eigenvalue weighted by Gasteiger charge is 2.09. The van der Waals surface area contributed by atoms with E-state index >= 15 is 0 Å². The summed E-state index contributed by atoms with van der Waals surface area (Å²) in [5.74, 6) is 1.72. The molecular formula is C16H23N5. The summed E-state index contributed by atoms with van der Waals surface area (Å²) in [5, 5.41) is 4.41. The lowest BCUT2D eigenvalue weighted by Gasteiger charge is -2.18. The van der Waals surface area contributed by atoms with Crippen LogP contribution < -0.4 is 5.32 Å². The van der Waals surface area contributed by atoms with Gasteiger partial charge in [0.25, 0.3) is 0 Å². The first kappa shape index (κ1) is 15.3. The summed E-state index contributed by atoms with van der Waals surface area (Å²) in [6.45, 7) is 10.8. The molecule has 0 bridgehead atoms. The third kappa shape index (κ3) is 3.49. The maximum Gasteiger partial charge on any atom is 0.136 e. The van der Waals surface area contributed by atoms with Gasteiger partial charge in [-0.3, -0.25) is 4.98 Å². The van der Waals surface area contributed by atoms with Crippen LogP contribution in [0.2, 0.25) is 0 Å². The van der Waals surface area contributed by atoms with Crippen LogP contribution in [0.15, 0.2) is 36.1 Å². The summed E-state index contributed by atoms with van der Waals surface area (Å²) in [6.07, 6.45) is 5.43. The van der Waals surface area contributed by atoms with E-state index in [2.05, 4.69) is 40.6 Å². The van der Waals surface area contributed by atoms with Gasteiger partial charge in [0.2, 0.25) is 0 Å². The van der Waals surface area contributed by atoms with E-state index in [4.69, 9.17) is 4.99 Å². The second kappa shape index (κ2) is 7.04. The zero-order valence-corrected chi connectivity index (χ0v) is 13.0. The van der Waals surface area contributed by atoms with Gasteiger partial charge in [0.1, 0.15) is 11.7 Å². The molecule has 0 aliphatic rings. The van der Waals surface area contributed by atoms with Crippen LogP contribution in [0.4, 0.5) is 5.82 Å². The van der Waals surface area contributed by atoms with Crippen molar-refractivity contribution in [2.24, 2.45) is 4.99 Å². The van der Waals surface area contributed by atoms with Gasteiger partial charge in [-0.25, -0.2) is 4.99 Å². The monoisotopic (exact) mass is 285 g/mol. The van der Waals surface area contributed by atoms with Crippen LogP contribution in [0, 0.1) is 6.92 Å². The first-order valence-corrected chi connectivity index (χ1v) is 7.22. The molecule has 0 amide bonds. The molecule has 2 rings (SSSR count). The summed E-state index contributed by atoms with van der Waals surface area (Å²) in [5.41, 5.74) is 2.16. The second-order valence-electron chi connectivity index (χ2n) is 4.97. The number of amidine groups is 1. The van der Waals surface area contributed by atoms with Gasteiger partial charge in [-0.2, -0.15) is 0 Å². The van der Waals surface area contributed by atoms with Crippen molar-refractivity contribution in [3.05, 3.63) is 36.7 Å². The largest absolute Gasteiger partial charge is 0.358 e. The lowest BCUT2D eigenvalue weighted by molar-refractivity contribution is 0.488. The Morgan fingerprint density at radius 1 is 1.57 bits per heavy atom. The van der Waals surface area contributed by atoms with Gasteiger partial charge in [0.05, 0.1) is 5.52 Å². The van der Waals surface area contributed by atoms with E-state index in [0.29, 0.717) is 0 Å². The number of nitrogens with zero attached hydrogens (tertiary/aromatic N) is 3. The molecule has 21 heavy (non-hydrogen) atoms. The van der Waals surface area contributed by atoms with E-state index in [9.17, 15) is 0 Å². The molecule has 0 spiro atoms. The van der Waals surface area contributed by atoms with Crippen LogP contribution in [-0.4, -0.2) is 47.4 Å². The smallest absolute Gasteiger partial charge is 0.136 e. The Kier molecular flexibility index (Phi) is 5.11.